The molecular weight excluding hydrogens is 306 g/mol. The highest BCUT2D eigenvalue weighted by Gasteiger charge is 2.11. The molecule has 0 amide bonds. The third-order valence-corrected chi connectivity index (χ3v) is 2.84. The molecule has 0 unspecified atom stereocenters. The zero-order chi connectivity index (χ0) is 13.1. The van der Waals surface area contributed by atoms with Crippen molar-refractivity contribution in [3.63, 3.8) is 0 Å². The fraction of sp³-hybridized carbons (Fsp3) is 0. The second-order valence-electron chi connectivity index (χ2n) is 3.45. The molecule has 0 aromatic heterocycles. The summed E-state index contributed by atoms with van der Waals surface area (Å²) in [5, 5.41) is 0. The average molecular weight is 313 g/mol. The summed E-state index contributed by atoms with van der Waals surface area (Å²) in [4.78, 5) is 10.8. The molecule has 0 heterocycles. The Morgan fingerprint density at radius 2 is 1.89 bits per heavy atom. The molecule has 0 bridgehead atoms. The van der Waals surface area contributed by atoms with E-state index in [0.29, 0.717) is 6.29 Å². The van der Waals surface area contributed by atoms with E-state index in [1.807, 2.05) is 0 Å². The Morgan fingerprint density at radius 3 is 2.56 bits per heavy atom. The maximum Gasteiger partial charge on any atom is 0.173 e. The number of ether oxygens (including phenoxy) is 1. The largest absolute Gasteiger partial charge is 0.453 e. The highest BCUT2D eigenvalue weighted by atomic mass is 79.9. The van der Waals surface area contributed by atoms with Crippen LogP contribution in [-0.2, 0) is 0 Å². The maximum absolute atomic E-state index is 13.5. The van der Waals surface area contributed by atoms with Crippen LogP contribution in [0, 0.1) is 11.6 Å². The van der Waals surface area contributed by atoms with Crippen LogP contribution in [0.4, 0.5) is 8.78 Å². The predicted molar refractivity (Wildman–Crippen MR) is 66.0 cm³/mol. The lowest BCUT2D eigenvalue weighted by atomic mass is 10.2. The van der Waals surface area contributed by atoms with Crippen molar-refractivity contribution in [2.45, 2.75) is 0 Å². The smallest absolute Gasteiger partial charge is 0.173 e. The second kappa shape index (κ2) is 5.27. The molecule has 0 saturated heterocycles. The Balaban J connectivity index is 2.39. The normalized spacial score (nSPS) is 10.2. The summed E-state index contributed by atoms with van der Waals surface area (Å²) in [6.45, 7) is 0. The zero-order valence-electron chi connectivity index (χ0n) is 8.99. The first kappa shape index (κ1) is 12.7. The Kier molecular flexibility index (Phi) is 3.72. The lowest BCUT2D eigenvalue weighted by Gasteiger charge is -2.09. The van der Waals surface area contributed by atoms with E-state index in [4.69, 9.17) is 4.74 Å². The number of halogens is 3. The molecule has 2 nitrogen and oxygen atoms in total. The molecular formula is C13H7BrF2O2. The van der Waals surface area contributed by atoms with Gasteiger partial charge in [-0.15, -0.1) is 0 Å². The summed E-state index contributed by atoms with van der Waals surface area (Å²) in [5.41, 5.74) is 0.0930. The van der Waals surface area contributed by atoms with Crippen molar-refractivity contribution in [2.75, 3.05) is 0 Å². The van der Waals surface area contributed by atoms with Crippen LogP contribution in [-0.4, -0.2) is 6.29 Å². The predicted octanol–water partition coefficient (Wildman–Crippen LogP) is 4.33. The van der Waals surface area contributed by atoms with Crippen LogP contribution in [0.25, 0.3) is 0 Å². The van der Waals surface area contributed by atoms with E-state index in [-0.39, 0.29) is 21.5 Å². The summed E-state index contributed by atoms with van der Waals surface area (Å²) in [7, 11) is 0. The first-order chi connectivity index (χ1) is 8.61. The summed E-state index contributed by atoms with van der Waals surface area (Å²) in [6.07, 6.45) is 0.497. The summed E-state index contributed by atoms with van der Waals surface area (Å²) < 4.78 is 32.0. The number of carbonyl (C=O) groups excluding carboxylic acids is 1. The van der Waals surface area contributed by atoms with Crippen LogP contribution in [0.1, 0.15) is 10.4 Å². The summed E-state index contributed by atoms with van der Waals surface area (Å²) in [6, 6.07) is 7.91. The van der Waals surface area contributed by atoms with Crippen LogP contribution in [0.2, 0.25) is 0 Å². The van der Waals surface area contributed by atoms with E-state index in [1.165, 1.54) is 36.4 Å². The first-order valence-electron chi connectivity index (χ1n) is 4.98. The zero-order valence-corrected chi connectivity index (χ0v) is 10.6. The van der Waals surface area contributed by atoms with Crippen molar-refractivity contribution < 1.29 is 18.3 Å². The Hall–Kier alpha value is -1.75. The molecule has 0 radical (unpaired) electrons. The SMILES string of the molecule is O=Cc1cccc(F)c1Oc1ccc(F)c(Br)c1. The van der Waals surface area contributed by atoms with Gasteiger partial charge >= 0.3 is 0 Å². The van der Waals surface area contributed by atoms with Crippen molar-refractivity contribution in [3.05, 3.63) is 58.1 Å². The lowest BCUT2D eigenvalue weighted by Crippen LogP contribution is -1.94. The van der Waals surface area contributed by atoms with Gasteiger partial charge in [-0.1, -0.05) is 6.07 Å². The van der Waals surface area contributed by atoms with Crippen molar-refractivity contribution in [1.82, 2.24) is 0 Å². The first-order valence-corrected chi connectivity index (χ1v) is 5.77. The average Bonchev–Trinajstić information content (AvgIpc) is 2.36. The highest BCUT2D eigenvalue weighted by molar-refractivity contribution is 9.10. The van der Waals surface area contributed by atoms with Crippen LogP contribution < -0.4 is 4.74 Å². The minimum atomic E-state index is -0.653. The van der Waals surface area contributed by atoms with Gasteiger partial charge in [-0.25, -0.2) is 8.78 Å². The van der Waals surface area contributed by atoms with Gasteiger partial charge in [-0.3, -0.25) is 4.79 Å². The van der Waals surface area contributed by atoms with Crippen LogP contribution in [0.3, 0.4) is 0 Å². The van der Waals surface area contributed by atoms with Gasteiger partial charge in [0.05, 0.1) is 10.0 Å². The molecule has 18 heavy (non-hydrogen) atoms. The molecule has 5 heteroatoms. The Morgan fingerprint density at radius 1 is 1.11 bits per heavy atom. The van der Waals surface area contributed by atoms with Crippen molar-refractivity contribution in [1.29, 1.82) is 0 Å². The fourth-order valence-corrected chi connectivity index (χ4v) is 1.74. The fourth-order valence-electron chi connectivity index (χ4n) is 1.38. The van der Waals surface area contributed by atoms with E-state index in [0.717, 1.165) is 0 Å². The number of hydrogen-bond donors (Lipinski definition) is 0. The summed E-state index contributed by atoms with van der Waals surface area (Å²) in [5.74, 6) is -1.05. The van der Waals surface area contributed by atoms with E-state index in [9.17, 15) is 13.6 Å². The molecule has 0 aliphatic rings. The van der Waals surface area contributed by atoms with Gasteiger partial charge in [0.2, 0.25) is 0 Å². The number of carbonyl (C=O) groups is 1. The minimum Gasteiger partial charge on any atom is -0.453 e. The molecule has 0 aliphatic carbocycles. The van der Waals surface area contributed by atoms with Gasteiger partial charge in [-0.2, -0.15) is 0 Å². The molecule has 0 atom stereocenters. The molecule has 0 saturated carbocycles. The van der Waals surface area contributed by atoms with Gasteiger partial charge in [0.1, 0.15) is 11.6 Å². The third kappa shape index (κ3) is 2.56. The number of hydrogen-bond acceptors (Lipinski definition) is 2. The van der Waals surface area contributed by atoms with Crippen LogP contribution in [0.5, 0.6) is 11.5 Å². The number of para-hydroxylation sites is 1. The summed E-state index contributed by atoms with van der Waals surface area (Å²) >= 11 is 3.00. The number of aldehydes is 1. The molecule has 0 spiro atoms. The number of rotatable bonds is 3. The topological polar surface area (TPSA) is 26.3 Å². The van der Waals surface area contributed by atoms with E-state index >= 15 is 0 Å². The molecule has 2 aromatic carbocycles. The molecule has 0 N–H and O–H groups in total. The van der Waals surface area contributed by atoms with Crippen LogP contribution in [0.15, 0.2) is 40.9 Å². The van der Waals surface area contributed by atoms with E-state index in [1.54, 1.807) is 0 Å². The van der Waals surface area contributed by atoms with Gasteiger partial charge in [0.15, 0.2) is 17.9 Å². The van der Waals surface area contributed by atoms with Gasteiger partial charge in [0, 0.05) is 0 Å². The molecule has 0 aliphatic heterocycles. The van der Waals surface area contributed by atoms with Crippen molar-refractivity contribution >= 4 is 22.2 Å². The number of benzene rings is 2. The molecule has 92 valence electrons. The van der Waals surface area contributed by atoms with Gasteiger partial charge in [-0.05, 0) is 46.3 Å². The third-order valence-electron chi connectivity index (χ3n) is 2.24. The monoisotopic (exact) mass is 312 g/mol. The van der Waals surface area contributed by atoms with Crippen LogP contribution >= 0.6 is 15.9 Å². The Bertz CT molecular complexity index is 600. The molecule has 2 aromatic rings. The lowest BCUT2D eigenvalue weighted by molar-refractivity contribution is 0.112. The maximum atomic E-state index is 13.5. The van der Waals surface area contributed by atoms with Crippen molar-refractivity contribution in [2.24, 2.45) is 0 Å². The second-order valence-corrected chi connectivity index (χ2v) is 4.31. The quantitative estimate of drug-likeness (QED) is 0.788. The van der Waals surface area contributed by atoms with E-state index in [2.05, 4.69) is 15.9 Å². The standard InChI is InChI=1S/C13H7BrF2O2/c14-10-6-9(4-5-11(10)15)18-13-8(7-17)2-1-3-12(13)16/h1-7H. The highest BCUT2D eigenvalue weighted by Crippen LogP contribution is 2.30. The van der Waals surface area contributed by atoms with Gasteiger partial charge in [0.25, 0.3) is 0 Å². The van der Waals surface area contributed by atoms with Gasteiger partial charge < -0.3 is 4.74 Å². The Labute approximate surface area is 110 Å². The van der Waals surface area contributed by atoms with Crippen molar-refractivity contribution in [3.8, 4) is 11.5 Å². The van der Waals surface area contributed by atoms with E-state index < -0.39 is 11.6 Å². The molecule has 0 fully saturated rings. The molecule has 2 rings (SSSR count). The minimum absolute atomic E-state index is 0.0930.